The predicted octanol–water partition coefficient (Wildman–Crippen LogP) is 1.69. The monoisotopic (exact) mass is 301 g/mol. The summed E-state index contributed by atoms with van der Waals surface area (Å²) in [7, 11) is -3.50. The van der Waals surface area contributed by atoms with E-state index >= 15 is 0 Å². The van der Waals surface area contributed by atoms with Gasteiger partial charge >= 0.3 is 0 Å². The van der Waals surface area contributed by atoms with Gasteiger partial charge in [-0.1, -0.05) is 0 Å². The average molecular weight is 301 g/mol. The minimum atomic E-state index is -3.50. The highest BCUT2D eigenvalue weighted by Crippen LogP contribution is 2.22. The van der Waals surface area contributed by atoms with Crippen LogP contribution in [0.1, 0.15) is 19.8 Å². The number of hydrogen-bond donors (Lipinski definition) is 2. The van der Waals surface area contributed by atoms with Gasteiger partial charge in [0, 0.05) is 24.5 Å². The third kappa shape index (κ3) is 3.84. The topological polar surface area (TPSA) is 71.1 Å². The number of aromatic nitrogens is 1. The smallest absolute Gasteiger partial charge is 0.244 e. The maximum Gasteiger partial charge on any atom is 0.244 e. The van der Waals surface area contributed by atoms with Crippen molar-refractivity contribution in [1.29, 1.82) is 0 Å². The molecule has 0 amide bonds. The Labute approximate surface area is 118 Å². The lowest BCUT2D eigenvalue weighted by molar-refractivity contribution is 0.543. The van der Waals surface area contributed by atoms with E-state index in [1.165, 1.54) is 0 Å². The van der Waals surface area contributed by atoms with Gasteiger partial charge in [0.15, 0.2) is 0 Å². The number of sulfonamides is 1. The van der Waals surface area contributed by atoms with Crippen molar-refractivity contribution in [2.45, 2.75) is 30.7 Å². The van der Waals surface area contributed by atoms with Crippen molar-refractivity contribution in [2.75, 3.05) is 23.4 Å². The second kappa shape index (κ2) is 6.58. The summed E-state index contributed by atoms with van der Waals surface area (Å²) in [5.74, 6) is 2.38. The highest BCUT2D eigenvalue weighted by Gasteiger charge is 2.24. The van der Waals surface area contributed by atoms with Gasteiger partial charge in [0.25, 0.3) is 0 Å². The van der Waals surface area contributed by atoms with E-state index in [1.807, 2.05) is 6.92 Å². The lowest BCUT2D eigenvalue weighted by Gasteiger charge is -2.22. The van der Waals surface area contributed by atoms with Gasteiger partial charge in [0.05, 0.1) is 0 Å². The summed E-state index contributed by atoms with van der Waals surface area (Å²) in [6, 6.07) is 3.26. The molecule has 0 aromatic carbocycles. The van der Waals surface area contributed by atoms with Gasteiger partial charge in [-0.05, 0) is 37.7 Å². The fourth-order valence-corrected chi connectivity index (χ4v) is 4.61. The zero-order valence-corrected chi connectivity index (χ0v) is 12.6. The average Bonchev–Trinajstić information content (AvgIpc) is 2.40. The zero-order chi connectivity index (χ0) is 13.7. The normalized spacial score (nSPS) is 20.2. The molecule has 1 saturated heterocycles. The van der Waals surface area contributed by atoms with Crippen LogP contribution in [0.2, 0.25) is 0 Å². The summed E-state index contributed by atoms with van der Waals surface area (Å²) in [5.41, 5.74) is 0. The Morgan fingerprint density at radius 1 is 1.53 bits per heavy atom. The molecule has 1 atom stereocenters. The summed E-state index contributed by atoms with van der Waals surface area (Å²) in [6.45, 7) is 2.55. The van der Waals surface area contributed by atoms with Gasteiger partial charge in [0.2, 0.25) is 10.0 Å². The summed E-state index contributed by atoms with van der Waals surface area (Å²) in [5, 5.41) is 2.98. The molecule has 1 aliphatic rings. The van der Waals surface area contributed by atoms with Crippen LogP contribution in [0.3, 0.4) is 0 Å². The fourth-order valence-electron chi connectivity index (χ4n) is 2.02. The first-order valence-corrected chi connectivity index (χ1v) is 9.06. The van der Waals surface area contributed by atoms with Gasteiger partial charge in [-0.15, -0.1) is 0 Å². The molecule has 1 aromatic rings. The molecule has 0 aliphatic carbocycles. The lowest BCUT2D eigenvalue weighted by atomic mass is 10.2. The van der Waals surface area contributed by atoms with Crippen molar-refractivity contribution in [1.82, 2.24) is 9.71 Å². The number of hydrogen-bond acceptors (Lipinski definition) is 5. The van der Waals surface area contributed by atoms with E-state index in [0.29, 0.717) is 12.4 Å². The molecule has 2 rings (SSSR count). The van der Waals surface area contributed by atoms with E-state index in [2.05, 4.69) is 15.0 Å². The molecular weight excluding hydrogens is 282 g/mol. The second-order valence-electron chi connectivity index (χ2n) is 4.42. The molecule has 0 radical (unpaired) electrons. The molecule has 19 heavy (non-hydrogen) atoms. The molecule has 1 unspecified atom stereocenters. The van der Waals surface area contributed by atoms with Crippen LogP contribution in [0.5, 0.6) is 0 Å². The Morgan fingerprint density at radius 3 is 3.05 bits per heavy atom. The summed E-state index contributed by atoms with van der Waals surface area (Å²) >= 11 is 1.80. The van der Waals surface area contributed by atoms with Crippen molar-refractivity contribution in [2.24, 2.45) is 0 Å². The van der Waals surface area contributed by atoms with E-state index in [-0.39, 0.29) is 10.9 Å². The highest BCUT2D eigenvalue weighted by atomic mass is 32.2. The maximum atomic E-state index is 12.4. The number of thioether (sulfide) groups is 1. The van der Waals surface area contributed by atoms with Crippen LogP contribution >= 0.6 is 11.8 Å². The molecular formula is C12H19N3O2S2. The summed E-state index contributed by atoms with van der Waals surface area (Å²) in [6.07, 6.45) is 3.56. The van der Waals surface area contributed by atoms with E-state index in [1.54, 1.807) is 30.1 Å². The number of pyridine rings is 1. The van der Waals surface area contributed by atoms with Crippen molar-refractivity contribution in [3.8, 4) is 0 Å². The molecule has 2 N–H and O–H groups in total. The zero-order valence-electron chi connectivity index (χ0n) is 10.9. The first kappa shape index (κ1) is 14.6. The Morgan fingerprint density at radius 2 is 2.37 bits per heavy atom. The first-order chi connectivity index (χ1) is 9.13. The Balaban J connectivity index is 2.18. The molecule has 2 heterocycles. The fraction of sp³-hybridized carbons (Fsp3) is 0.583. The van der Waals surface area contributed by atoms with Gasteiger partial charge < -0.3 is 5.32 Å². The second-order valence-corrected chi connectivity index (χ2v) is 7.25. The van der Waals surface area contributed by atoms with Gasteiger partial charge in [-0.25, -0.2) is 18.1 Å². The van der Waals surface area contributed by atoms with Crippen LogP contribution in [0, 0.1) is 0 Å². The number of rotatable bonds is 5. The number of anilines is 1. The summed E-state index contributed by atoms with van der Waals surface area (Å²) in [4.78, 5) is 4.32. The van der Waals surface area contributed by atoms with E-state index in [4.69, 9.17) is 0 Å². The van der Waals surface area contributed by atoms with Crippen molar-refractivity contribution in [3.63, 3.8) is 0 Å². The van der Waals surface area contributed by atoms with E-state index in [9.17, 15) is 8.42 Å². The van der Waals surface area contributed by atoms with Crippen molar-refractivity contribution in [3.05, 3.63) is 18.3 Å². The van der Waals surface area contributed by atoms with Crippen LogP contribution in [0.4, 0.5) is 5.82 Å². The lowest BCUT2D eigenvalue weighted by Crippen LogP contribution is -2.38. The molecule has 0 bridgehead atoms. The van der Waals surface area contributed by atoms with Gasteiger partial charge in [-0.3, -0.25) is 0 Å². The molecule has 5 nitrogen and oxygen atoms in total. The predicted molar refractivity (Wildman–Crippen MR) is 79.1 cm³/mol. The minimum Gasteiger partial charge on any atom is -0.369 e. The highest BCUT2D eigenvalue weighted by molar-refractivity contribution is 7.99. The Bertz CT molecular complexity index is 513. The largest absolute Gasteiger partial charge is 0.369 e. The van der Waals surface area contributed by atoms with Gasteiger partial charge in [0.1, 0.15) is 10.7 Å². The van der Waals surface area contributed by atoms with Gasteiger partial charge in [-0.2, -0.15) is 11.8 Å². The molecule has 1 fully saturated rings. The first-order valence-electron chi connectivity index (χ1n) is 6.42. The van der Waals surface area contributed by atoms with E-state index < -0.39 is 10.0 Å². The van der Waals surface area contributed by atoms with Crippen LogP contribution in [-0.4, -0.2) is 37.5 Å². The molecule has 106 valence electrons. The van der Waals surface area contributed by atoms with Crippen LogP contribution in [0.25, 0.3) is 0 Å². The van der Waals surface area contributed by atoms with E-state index in [0.717, 1.165) is 24.3 Å². The van der Waals surface area contributed by atoms with Crippen molar-refractivity contribution >= 4 is 27.6 Å². The van der Waals surface area contributed by atoms with Crippen LogP contribution < -0.4 is 10.0 Å². The summed E-state index contributed by atoms with van der Waals surface area (Å²) < 4.78 is 27.6. The maximum absolute atomic E-state index is 12.4. The number of nitrogens with one attached hydrogen (secondary N) is 2. The Kier molecular flexibility index (Phi) is 5.06. The molecule has 1 aliphatic heterocycles. The van der Waals surface area contributed by atoms with Crippen molar-refractivity contribution < 1.29 is 8.42 Å². The molecule has 1 aromatic heterocycles. The molecule has 0 saturated carbocycles. The minimum absolute atomic E-state index is 0.0263. The van der Waals surface area contributed by atoms with Crippen LogP contribution in [-0.2, 0) is 10.0 Å². The number of nitrogens with zero attached hydrogens (tertiary/aromatic N) is 1. The molecule has 0 spiro atoms. The SMILES string of the molecule is CCNc1ncccc1S(=O)(=O)NC1CCCSC1. The Hall–Kier alpha value is -0.790. The van der Waals surface area contributed by atoms with Crippen LogP contribution in [0.15, 0.2) is 23.2 Å². The third-order valence-electron chi connectivity index (χ3n) is 2.89. The molecule has 7 heteroatoms. The standard InChI is InChI=1S/C12H19N3O2S2/c1-2-13-12-11(6-3-7-14-12)19(16,17)15-10-5-4-8-18-9-10/h3,6-7,10,15H,2,4-5,8-9H2,1H3,(H,13,14). The third-order valence-corrected chi connectivity index (χ3v) is 5.65. The quantitative estimate of drug-likeness (QED) is 0.866.